The summed E-state index contributed by atoms with van der Waals surface area (Å²) in [6, 6.07) is -0.00475. The van der Waals surface area contributed by atoms with Crippen LogP contribution in [0.4, 0.5) is 4.79 Å². The number of H-pyrrole nitrogens is 1. The lowest BCUT2D eigenvalue weighted by atomic mass is 9.91. The van der Waals surface area contributed by atoms with Crippen molar-refractivity contribution in [1.82, 2.24) is 9.97 Å². The van der Waals surface area contributed by atoms with Crippen molar-refractivity contribution < 1.29 is 24.1 Å². The van der Waals surface area contributed by atoms with E-state index in [2.05, 4.69) is 14.7 Å². The molecule has 0 radical (unpaired) electrons. The summed E-state index contributed by atoms with van der Waals surface area (Å²) in [6.07, 6.45) is 1.03. The number of hydrogen-bond donors (Lipinski definition) is 2. The fourth-order valence-corrected chi connectivity index (χ4v) is 2.42. The number of ether oxygens (including phenoxy) is 3. The average Bonchev–Trinajstić information content (AvgIpc) is 2.89. The third-order valence-electron chi connectivity index (χ3n) is 3.20. The van der Waals surface area contributed by atoms with Gasteiger partial charge in [0.1, 0.15) is 0 Å². The van der Waals surface area contributed by atoms with Crippen molar-refractivity contribution in [2.24, 2.45) is 5.92 Å². The van der Waals surface area contributed by atoms with Gasteiger partial charge >= 0.3 is 12.2 Å². The fraction of sp³-hybridized carbons (Fsp3) is 0.600. The van der Waals surface area contributed by atoms with Gasteiger partial charge in [-0.2, -0.15) is 0 Å². The molecule has 0 amide bonds. The number of nitrogens with zero attached hydrogens (tertiary/aromatic N) is 1. The van der Waals surface area contributed by atoms with Gasteiger partial charge in [0, 0.05) is 17.5 Å². The van der Waals surface area contributed by atoms with Crippen molar-refractivity contribution in [2.45, 2.75) is 18.6 Å². The summed E-state index contributed by atoms with van der Waals surface area (Å²) in [5.41, 5.74) is 0.833. The van der Waals surface area contributed by atoms with Crippen molar-refractivity contribution in [1.29, 1.82) is 0 Å². The van der Waals surface area contributed by atoms with Crippen LogP contribution in [0.3, 0.4) is 0 Å². The van der Waals surface area contributed by atoms with E-state index in [-0.39, 0.29) is 18.2 Å². The zero-order valence-corrected chi connectivity index (χ0v) is 8.96. The van der Waals surface area contributed by atoms with Crippen LogP contribution in [-0.2, 0) is 9.47 Å². The first-order valence-corrected chi connectivity index (χ1v) is 5.43. The minimum absolute atomic E-state index is 0.00475. The van der Waals surface area contributed by atoms with Crippen LogP contribution in [0.2, 0.25) is 0 Å². The fourth-order valence-electron chi connectivity index (χ4n) is 2.42. The van der Waals surface area contributed by atoms with Gasteiger partial charge in [-0.25, -0.2) is 9.78 Å². The van der Waals surface area contributed by atoms with E-state index < -0.39 is 6.16 Å². The van der Waals surface area contributed by atoms with Gasteiger partial charge in [-0.3, -0.25) is 0 Å². The molecule has 2 aliphatic rings. The lowest BCUT2D eigenvalue weighted by molar-refractivity contribution is -0.0905. The van der Waals surface area contributed by atoms with Crippen molar-refractivity contribution in [2.75, 3.05) is 13.2 Å². The molecule has 3 heterocycles. The Morgan fingerprint density at radius 3 is 3.29 bits per heavy atom. The molecule has 7 nitrogen and oxygen atoms in total. The summed E-state index contributed by atoms with van der Waals surface area (Å²) in [4.78, 5) is 17.1. The van der Waals surface area contributed by atoms with Gasteiger partial charge in [0.05, 0.1) is 19.4 Å². The Morgan fingerprint density at radius 2 is 2.47 bits per heavy atom. The number of hydrogen-bond acceptors (Lipinski definition) is 5. The predicted octanol–water partition coefficient (Wildman–Crippen LogP) is 0.943. The second-order valence-corrected chi connectivity index (χ2v) is 4.14. The molecule has 2 fully saturated rings. The van der Waals surface area contributed by atoms with Crippen LogP contribution in [0.5, 0.6) is 6.01 Å². The van der Waals surface area contributed by atoms with Crippen LogP contribution < -0.4 is 4.74 Å². The van der Waals surface area contributed by atoms with E-state index in [0.29, 0.717) is 19.1 Å². The number of nitrogens with one attached hydrogen (secondary N) is 1. The topological polar surface area (TPSA) is 93.7 Å². The molecule has 3 atom stereocenters. The second-order valence-electron chi connectivity index (χ2n) is 4.14. The Labute approximate surface area is 96.7 Å². The number of carbonyl (C=O) groups is 1. The van der Waals surface area contributed by atoms with Gasteiger partial charge in [0.25, 0.3) is 0 Å². The van der Waals surface area contributed by atoms with E-state index in [1.807, 2.05) is 0 Å². The molecule has 2 N–H and O–H groups in total. The molecule has 7 heteroatoms. The van der Waals surface area contributed by atoms with Gasteiger partial charge in [-0.05, 0) is 6.42 Å². The van der Waals surface area contributed by atoms with Crippen LogP contribution in [0, 0.1) is 5.92 Å². The van der Waals surface area contributed by atoms with Gasteiger partial charge < -0.3 is 24.3 Å². The van der Waals surface area contributed by atoms with Crippen LogP contribution in [0.1, 0.15) is 18.0 Å². The normalized spacial score (nSPS) is 31.4. The molecule has 0 bridgehead atoms. The summed E-state index contributed by atoms with van der Waals surface area (Å²) in [5.74, 6) is 0.481. The van der Waals surface area contributed by atoms with E-state index in [4.69, 9.17) is 14.6 Å². The number of fused-ring (bicyclic) bond motifs is 1. The van der Waals surface area contributed by atoms with Crippen LogP contribution in [-0.4, -0.2) is 40.7 Å². The molecule has 2 saturated heterocycles. The molecular formula is C10H12N2O5. The van der Waals surface area contributed by atoms with Crippen LogP contribution in [0.15, 0.2) is 6.20 Å². The first-order valence-electron chi connectivity index (χ1n) is 5.43. The summed E-state index contributed by atoms with van der Waals surface area (Å²) in [6.45, 7) is 1.27. The maximum absolute atomic E-state index is 10.4. The maximum Gasteiger partial charge on any atom is 0.513 e. The zero-order valence-electron chi connectivity index (χ0n) is 8.96. The Hall–Kier alpha value is -1.60. The Kier molecular flexibility index (Phi) is 2.49. The zero-order chi connectivity index (χ0) is 11.8. The number of rotatable bonds is 2. The van der Waals surface area contributed by atoms with Crippen molar-refractivity contribution >= 4 is 6.16 Å². The minimum Gasteiger partial charge on any atom is -0.449 e. The van der Waals surface area contributed by atoms with E-state index in [1.54, 1.807) is 6.20 Å². The third-order valence-corrected chi connectivity index (χ3v) is 3.20. The van der Waals surface area contributed by atoms with E-state index in [0.717, 1.165) is 12.1 Å². The first kappa shape index (κ1) is 10.5. The maximum atomic E-state index is 10.4. The van der Waals surface area contributed by atoms with Crippen LogP contribution in [0.25, 0.3) is 0 Å². The van der Waals surface area contributed by atoms with Crippen molar-refractivity contribution in [3.05, 3.63) is 11.9 Å². The molecule has 1 aromatic rings. The van der Waals surface area contributed by atoms with Gasteiger partial charge in [-0.15, -0.1) is 0 Å². The molecule has 0 aromatic carbocycles. The molecule has 3 rings (SSSR count). The Balaban J connectivity index is 1.75. The highest BCUT2D eigenvalue weighted by molar-refractivity contribution is 5.59. The molecule has 0 aliphatic carbocycles. The standard InChI is InChI=1S/C10H12N2O5/c13-10(14)17-9-11-3-7(12-9)6-4-16-8-5(6)1-2-15-8/h3,5-6,8H,1-2,4H2,(H,11,12)(H,13,14)/t5-,6+,8+/m0/s1. The summed E-state index contributed by atoms with van der Waals surface area (Å²) >= 11 is 0. The highest BCUT2D eigenvalue weighted by Crippen LogP contribution is 2.41. The predicted molar refractivity (Wildman–Crippen MR) is 53.8 cm³/mol. The molecule has 0 unspecified atom stereocenters. The number of imidazole rings is 1. The smallest absolute Gasteiger partial charge is 0.449 e. The average molecular weight is 240 g/mol. The third kappa shape index (κ3) is 1.87. The summed E-state index contributed by atoms with van der Waals surface area (Å²) < 4.78 is 15.4. The lowest BCUT2D eigenvalue weighted by Gasteiger charge is -2.11. The molecule has 1 aromatic heterocycles. The van der Waals surface area contributed by atoms with Crippen molar-refractivity contribution in [3.8, 4) is 6.01 Å². The second kappa shape index (κ2) is 4.01. The van der Waals surface area contributed by atoms with Gasteiger partial charge in [0.2, 0.25) is 0 Å². The molecule has 2 aliphatic heterocycles. The monoisotopic (exact) mass is 240 g/mol. The van der Waals surface area contributed by atoms with E-state index in [1.165, 1.54) is 0 Å². The quantitative estimate of drug-likeness (QED) is 0.747. The first-order chi connectivity index (χ1) is 8.24. The highest BCUT2D eigenvalue weighted by Gasteiger charge is 2.43. The SMILES string of the molecule is O=C(O)Oc1ncc([C@@H]2CO[C@H]3OCC[C@H]32)[nH]1. The number of carboxylic acid groups (broad SMARTS) is 1. The van der Waals surface area contributed by atoms with Gasteiger partial charge in [0.15, 0.2) is 6.29 Å². The molecule has 17 heavy (non-hydrogen) atoms. The van der Waals surface area contributed by atoms with Crippen LogP contribution >= 0.6 is 0 Å². The summed E-state index contributed by atoms with van der Waals surface area (Å²) in [5, 5.41) is 8.46. The highest BCUT2D eigenvalue weighted by atomic mass is 16.7. The largest absolute Gasteiger partial charge is 0.513 e. The Morgan fingerprint density at radius 1 is 1.59 bits per heavy atom. The number of aromatic nitrogens is 2. The minimum atomic E-state index is -1.38. The van der Waals surface area contributed by atoms with Gasteiger partial charge in [-0.1, -0.05) is 0 Å². The van der Waals surface area contributed by atoms with E-state index >= 15 is 0 Å². The molecule has 0 saturated carbocycles. The molecule has 92 valence electrons. The summed E-state index contributed by atoms with van der Waals surface area (Å²) in [7, 11) is 0. The lowest BCUT2D eigenvalue weighted by Crippen LogP contribution is -2.14. The van der Waals surface area contributed by atoms with Crippen molar-refractivity contribution in [3.63, 3.8) is 0 Å². The Bertz CT molecular complexity index is 432. The van der Waals surface area contributed by atoms with E-state index in [9.17, 15) is 4.79 Å². The molecule has 0 spiro atoms. The molecular weight excluding hydrogens is 228 g/mol. The number of aromatic amines is 1.